The number of hydrogen-bond acceptors (Lipinski definition) is 4. The predicted molar refractivity (Wildman–Crippen MR) is 65.6 cm³/mol. The van der Waals surface area contributed by atoms with E-state index >= 15 is 0 Å². The second-order valence-corrected chi connectivity index (χ2v) is 4.67. The summed E-state index contributed by atoms with van der Waals surface area (Å²) >= 11 is 0. The summed E-state index contributed by atoms with van der Waals surface area (Å²) < 4.78 is 5.41. The van der Waals surface area contributed by atoms with Gasteiger partial charge in [-0.3, -0.25) is 0 Å². The van der Waals surface area contributed by atoms with E-state index in [1.54, 1.807) is 0 Å². The molecule has 4 nitrogen and oxygen atoms in total. The summed E-state index contributed by atoms with van der Waals surface area (Å²) in [6.45, 7) is 7.71. The van der Waals surface area contributed by atoms with Crippen molar-refractivity contribution < 1.29 is 9.84 Å². The number of rotatable bonds is 7. The first kappa shape index (κ1) is 13.9. The van der Waals surface area contributed by atoms with E-state index < -0.39 is 0 Å². The first-order valence-corrected chi connectivity index (χ1v) is 6.45. The Morgan fingerprint density at radius 3 is 3.00 bits per heavy atom. The summed E-state index contributed by atoms with van der Waals surface area (Å²) in [5.74, 6) is 0. The van der Waals surface area contributed by atoms with Crippen LogP contribution in [-0.4, -0.2) is 49.6 Å². The molecule has 1 aliphatic heterocycles. The Balaban J connectivity index is 2.03. The molecule has 0 bridgehead atoms. The number of hydrogen-bond donors (Lipinski definition) is 3. The van der Waals surface area contributed by atoms with E-state index in [0.29, 0.717) is 12.1 Å². The van der Waals surface area contributed by atoms with E-state index in [1.807, 2.05) is 6.92 Å². The maximum Gasteiger partial charge on any atom is 0.0620 e. The average Bonchev–Trinajstić information content (AvgIpc) is 2.30. The number of aliphatic hydroxyl groups is 1. The lowest BCUT2D eigenvalue weighted by atomic mass is 10.1. The van der Waals surface area contributed by atoms with Crippen molar-refractivity contribution in [3.05, 3.63) is 0 Å². The zero-order valence-electron chi connectivity index (χ0n) is 10.5. The van der Waals surface area contributed by atoms with Crippen molar-refractivity contribution >= 4 is 0 Å². The highest BCUT2D eigenvalue weighted by molar-refractivity contribution is 4.75. The molecule has 0 aliphatic carbocycles. The minimum atomic E-state index is -0.157. The molecule has 16 heavy (non-hydrogen) atoms. The summed E-state index contributed by atoms with van der Waals surface area (Å²) in [4.78, 5) is 0. The third kappa shape index (κ3) is 5.80. The molecule has 3 N–H and O–H groups in total. The van der Waals surface area contributed by atoms with Crippen molar-refractivity contribution in [1.82, 2.24) is 10.6 Å². The van der Waals surface area contributed by atoms with Gasteiger partial charge in [-0.25, -0.2) is 0 Å². The van der Waals surface area contributed by atoms with Crippen molar-refractivity contribution in [3.63, 3.8) is 0 Å². The fourth-order valence-electron chi connectivity index (χ4n) is 1.98. The highest BCUT2D eigenvalue weighted by Crippen LogP contribution is 2.03. The van der Waals surface area contributed by atoms with Gasteiger partial charge in [0.1, 0.15) is 0 Å². The highest BCUT2D eigenvalue weighted by Gasteiger charge is 2.15. The van der Waals surface area contributed by atoms with Gasteiger partial charge >= 0.3 is 0 Å². The van der Waals surface area contributed by atoms with Crippen LogP contribution in [0, 0.1) is 0 Å². The molecule has 3 unspecified atom stereocenters. The van der Waals surface area contributed by atoms with Crippen molar-refractivity contribution in [2.24, 2.45) is 0 Å². The summed E-state index contributed by atoms with van der Waals surface area (Å²) in [7, 11) is 0. The lowest BCUT2D eigenvalue weighted by molar-refractivity contribution is 0.0710. The number of aliphatic hydroxyl groups excluding tert-OH is 1. The molecular formula is C12H26N2O2. The van der Waals surface area contributed by atoms with Crippen LogP contribution in [-0.2, 0) is 4.74 Å². The largest absolute Gasteiger partial charge is 0.393 e. The molecule has 0 saturated carbocycles. The zero-order chi connectivity index (χ0) is 11.8. The Hall–Kier alpha value is -0.160. The van der Waals surface area contributed by atoms with Gasteiger partial charge in [0.2, 0.25) is 0 Å². The predicted octanol–water partition coefficient (Wildman–Crippen LogP) is 0.504. The molecule has 1 aliphatic rings. The van der Waals surface area contributed by atoms with E-state index in [-0.39, 0.29) is 6.10 Å². The Labute approximate surface area is 98.8 Å². The molecule has 0 radical (unpaired) electrons. The average molecular weight is 230 g/mol. The molecule has 0 aromatic carbocycles. The lowest BCUT2D eigenvalue weighted by Crippen LogP contribution is -2.45. The van der Waals surface area contributed by atoms with Gasteiger partial charge in [-0.05, 0) is 32.7 Å². The van der Waals surface area contributed by atoms with Crippen LogP contribution in [0.5, 0.6) is 0 Å². The maximum atomic E-state index is 9.42. The number of morpholine rings is 1. The quantitative estimate of drug-likeness (QED) is 0.596. The van der Waals surface area contributed by atoms with Gasteiger partial charge in [-0.15, -0.1) is 0 Å². The second kappa shape index (κ2) is 8.01. The first-order chi connectivity index (χ1) is 7.72. The molecule has 1 heterocycles. The van der Waals surface area contributed by atoms with Crippen LogP contribution in [0.25, 0.3) is 0 Å². The Bertz CT molecular complexity index is 172. The van der Waals surface area contributed by atoms with Gasteiger partial charge < -0.3 is 20.5 Å². The molecule has 1 fully saturated rings. The van der Waals surface area contributed by atoms with Crippen molar-refractivity contribution in [3.8, 4) is 0 Å². The fraction of sp³-hybridized carbons (Fsp3) is 1.00. The van der Waals surface area contributed by atoms with Crippen LogP contribution < -0.4 is 10.6 Å². The molecule has 0 amide bonds. The van der Waals surface area contributed by atoms with Crippen LogP contribution >= 0.6 is 0 Å². The van der Waals surface area contributed by atoms with Crippen LogP contribution in [0.2, 0.25) is 0 Å². The lowest BCUT2D eigenvalue weighted by Gasteiger charge is -2.26. The van der Waals surface area contributed by atoms with Crippen LogP contribution in [0.3, 0.4) is 0 Å². The standard InChI is InChI=1S/C12H26N2O2/c1-3-12(15)4-5-13-10(2)8-11-9-16-7-6-14-11/h10-15H,3-9H2,1-2H3. The second-order valence-electron chi connectivity index (χ2n) is 4.67. The highest BCUT2D eigenvalue weighted by atomic mass is 16.5. The Morgan fingerprint density at radius 2 is 2.38 bits per heavy atom. The van der Waals surface area contributed by atoms with Crippen molar-refractivity contribution in [2.45, 2.75) is 51.3 Å². The summed E-state index contributed by atoms with van der Waals surface area (Å²) in [5, 5.41) is 16.3. The molecule has 1 saturated heterocycles. The van der Waals surface area contributed by atoms with Gasteiger partial charge in [0.15, 0.2) is 0 Å². The van der Waals surface area contributed by atoms with Crippen molar-refractivity contribution in [2.75, 3.05) is 26.3 Å². The van der Waals surface area contributed by atoms with E-state index in [9.17, 15) is 5.11 Å². The van der Waals surface area contributed by atoms with Gasteiger partial charge in [0, 0.05) is 18.6 Å². The third-order valence-electron chi connectivity index (χ3n) is 3.08. The minimum absolute atomic E-state index is 0.157. The van der Waals surface area contributed by atoms with Crippen LogP contribution in [0.1, 0.15) is 33.1 Å². The van der Waals surface area contributed by atoms with Gasteiger partial charge in [0.25, 0.3) is 0 Å². The summed E-state index contributed by atoms with van der Waals surface area (Å²) in [5.41, 5.74) is 0. The Kier molecular flexibility index (Phi) is 6.96. The van der Waals surface area contributed by atoms with Crippen molar-refractivity contribution in [1.29, 1.82) is 0 Å². The van der Waals surface area contributed by atoms with Gasteiger partial charge in [-0.1, -0.05) is 6.92 Å². The number of ether oxygens (including phenoxy) is 1. The van der Waals surface area contributed by atoms with E-state index in [4.69, 9.17) is 4.74 Å². The Morgan fingerprint density at radius 1 is 1.56 bits per heavy atom. The monoisotopic (exact) mass is 230 g/mol. The molecule has 0 aromatic rings. The topological polar surface area (TPSA) is 53.5 Å². The van der Waals surface area contributed by atoms with E-state index in [2.05, 4.69) is 17.6 Å². The molecule has 0 aromatic heterocycles. The maximum absolute atomic E-state index is 9.42. The van der Waals surface area contributed by atoms with E-state index in [1.165, 1.54) is 0 Å². The smallest absolute Gasteiger partial charge is 0.0620 e. The molecule has 96 valence electrons. The third-order valence-corrected chi connectivity index (χ3v) is 3.08. The summed E-state index contributed by atoms with van der Waals surface area (Å²) in [6.07, 6.45) is 2.61. The molecule has 1 rings (SSSR count). The minimum Gasteiger partial charge on any atom is -0.393 e. The fourth-order valence-corrected chi connectivity index (χ4v) is 1.98. The normalized spacial score (nSPS) is 25.3. The van der Waals surface area contributed by atoms with E-state index in [0.717, 1.165) is 45.6 Å². The first-order valence-electron chi connectivity index (χ1n) is 6.45. The number of nitrogens with one attached hydrogen (secondary N) is 2. The molecular weight excluding hydrogens is 204 g/mol. The van der Waals surface area contributed by atoms with Gasteiger partial charge in [-0.2, -0.15) is 0 Å². The van der Waals surface area contributed by atoms with Gasteiger partial charge in [0.05, 0.1) is 19.3 Å². The zero-order valence-corrected chi connectivity index (χ0v) is 10.5. The van der Waals surface area contributed by atoms with Crippen LogP contribution in [0.15, 0.2) is 0 Å². The van der Waals surface area contributed by atoms with Crippen LogP contribution in [0.4, 0.5) is 0 Å². The summed E-state index contributed by atoms with van der Waals surface area (Å²) in [6, 6.07) is 0.954. The molecule has 4 heteroatoms. The molecule has 3 atom stereocenters. The molecule has 0 spiro atoms. The SMILES string of the molecule is CCC(O)CCNC(C)CC1COCCN1.